The van der Waals surface area contributed by atoms with E-state index in [9.17, 15) is 0 Å². The second kappa shape index (κ2) is 6.13. The molecule has 0 saturated carbocycles. The van der Waals surface area contributed by atoms with Crippen LogP contribution in [0.4, 0.5) is 0 Å². The predicted molar refractivity (Wildman–Crippen MR) is 83.2 cm³/mol. The number of likely N-dealkylation sites (tertiary alicyclic amines) is 1. The number of rotatable bonds is 6. The van der Waals surface area contributed by atoms with Gasteiger partial charge in [0.15, 0.2) is 0 Å². The summed E-state index contributed by atoms with van der Waals surface area (Å²) in [6.07, 6.45) is 5.53. The number of unbranched alkanes of at least 4 members (excludes halogenated alkanes) is 2. The van der Waals surface area contributed by atoms with Gasteiger partial charge in [-0.3, -0.25) is 0 Å². The highest BCUT2D eigenvalue weighted by atomic mass is 15.4. The number of fused-ring (bicyclic) bond motifs is 2. The van der Waals surface area contributed by atoms with E-state index in [0.717, 1.165) is 11.8 Å². The van der Waals surface area contributed by atoms with Crippen LogP contribution < -0.4 is 5.32 Å². The van der Waals surface area contributed by atoms with Crippen molar-refractivity contribution in [3.05, 3.63) is 0 Å². The van der Waals surface area contributed by atoms with Gasteiger partial charge in [-0.25, -0.2) is 0 Å². The fourth-order valence-electron chi connectivity index (χ4n) is 4.36. The molecule has 0 aromatic heterocycles. The minimum Gasteiger partial charge on any atom is -0.323 e. The number of quaternary nitrogens is 1. The number of hydrogen-bond donors (Lipinski definition) is 1. The third-order valence-corrected chi connectivity index (χ3v) is 6.07. The second-order valence-electron chi connectivity index (χ2n) is 7.73. The fourth-order valence-corrected chi connectivity index (χ4v) is 4.36. The summed E-state index contributed by atoms with van der Waals surface area (Å²) in [6, 6.07) is 0. The summed E-state index contributed by atoms with van der Waals surface area (Å²) in [5.74, 6) is 1.77. The molecule has 2 atom stereocenters. The number of nitrogens with one attached hydrogen (secondary N) is 1. The quantitative estimate of drug-likeness (QED) is 0.728. The third kappa shape index (κ3) is 3.16. The van der Waals surface area contributed by atoms with Crippen LogP contribution in [0.2, 0.25) is 0 Å². The second-order valence-corrected chi connectivity index (χ2v) is 7.73. The Morgan fingerprint density at radius 2 is 1.42 bits per heavy atom. The number of hydrogen-bond acceptors (Lipinski definition) is 1. The van der Waals surface area contributed by atoms with Crippen molar-refractivity contribution in [3.8, 4) is 0 Å². The highest BCUT2D eigenvalue weighted by molar-refractivity contribution is 4.94. The molecule has 2 bridgehead atoms. The minimum atomic E-state index is 0.561. The molecule has 2 rings (SSSR count). The first-order chi connectivity index (χ1) is 9.04. The predicted octanol–water partition coefficient (Wildman–Crippen LogP) is 3.28. The number of nitrogens with zero attached hydrogens (tertiary/aromatic N) is 1. The van der Waals surface area contributed by atoms with Gasteiger partial charge in [-0.15, -0.1) is 0 Å². The van der Waals surface area contributed by atoms with Gasteiger partial charge in [0.2, 0.25) is 0 Å². The molecule has 2 aliphatic rings. The Bertz CT molecular complexity index is 259. The molecule has 1 N–H and O–H groups in total. The zero-order chi connectivity index (χ0) is 13.9. The fraction of sp³-hybridized carbons (Fsp3) is 1.00. The first kappa shape index (κ1) is 15.3. The van der Waals surface area contributed by atoms with Gasteiger partial charge in [0.25, 0.3) is 0 Å². The summed E-state index contributed by atoms with van der Waals surface area (Å²) < 4.78 is 1.43. The molecule has 19 heavy (non-hydrogen) atoms. The molecule has 0 amide bonds. The molecule has 2 fully saturated rings. The van der Waals surface area contributed by atoms with Crippen LogP contribution in [0.1, 0.15) is 53.4 Å². The summed E-state index contributed by atoms with van der Waals surface area (Å²) in [7, 11) is 0. The van der Waals surface area contributed by atoms with Crippen LogP contribution in [-0.2, 0) is 0 Å². The van der Waals surface area contributed by atoms with Crippen LogP contribution in [0.15, 0.2) is 0 Å². The summed E-state index contributed by atoms with van der Waals surface area (Å²) in [6.45, 7) is 17.9. The average molecular weight is 267 g/mol. The van der Waals surface area contributed by atoms with Gasteiger partial charge < -0.3 is 9.80 Å². The Balaban J connectivity index is 2.11. The lowest BCUT2D eigenvalue weighted by molar-refractivity contribution is -0.943. The average Bonchev–Trinajstić information content (AvgIpc) is 2.35. The highest BCUT2D eigenvalue weighted by Crippen LogP contribution is 2.44. The lowest BCUT2D eigenvalue weighted by Gasteiger charge is -2.57. The van der Waals surface area contributed by atoms with Gasteiger partial charge in [0, 0.05) is 24.9 Å². The van der Waals surface area contributed by atoms with E-state index in [2.05, 4.69) is 33.0 Å². The summed E-state index contributed by atoms with van der Waals surface area (Å²) >= 11 is 0. The maximum absolute atomic E-state index is 3.68. The van der Waals surface area contributed by atoms with E-state index >= 15 is 0 Å². The van der Waals surface area contributed by atoms with Crippen molar-refractivity contribution < 1.29 is 4.48 Å². The van der Waals surface area contributed by atoms with E-state index in [4.69, 9.17) is 0 Å². The minimum absolute atomic E-state index is 0.561. The van der Waals surface area contributed by atoms with Crippen molar-refractivity contribution in [2.45, 2.75) is 53.4 Å². The zero-order valence-electron chi connectivity index (χ0n) is 13.7. The van der Waals surface area contributed by atoms with Crippen LogP contribution in [0, 0.1) is 17.3 Å². The van der Waals surface area contributed by atoms with Gasteiger partial charge in [-0.05, 0) is 18.3 Å². The Labute approximate surface area is 120 Å². The number of piperidine rings is 2. The lowest BCUT2D eigenvalue weighted by Crippen LogP contribution is -2.68. The Hall–Kier alpha value is -0.0800. The van der Waals surface area contributed by atoms with Crippen molar-refractivity contribution in [2.24, 2.45) is 17.3 Å². The normalized spacial score (nSPS) is 32.2. The Morgan fingerprint density at radius 3 is 1.84 bits per heavy atom. The van der Waals surface area contributed by atoms with Gasteiger partial charge in [-0.2, -0.15) is 0 Å². The van der Waals surface area contributed by atoms with Crippen LogP contribution >= 0.6 is 0 Å². The van der Waals surface area contributed by atoms with Crippen LogP contribution in [-0.4, -0.2) is 43.8 Å². The van der Waals surface area contributed by atoms with Gasteiger partial charge >= 0.3 is 0 Å². The molecule has 2 aliphatic heterocycles. The topological polar surface area (TPSA) is 12.0 Å². The maximum Gasteiger partial charge on any atom is 0.0832 e. The lowest BCUT2D eigenvalue weighted by atomic mass is 9.63. The SMILES string of the molecule is CCCC[N+]1(CCCC)CC2CNCC(C1)C2(C)C. The molecule has 2 heterocycles. The van der Waals surface area contributed by atoms with Crippen molar-refractivity contribution >= 4 is 0 Å². The molecule has 0 aromatic carbocycles. The van der Waals surface area contributed by atoms with Crippen LogP contribution in [0.5, 0.6) is 0 Å². The van der Waals surface area contributed by atoms with Crippen molar-refractivity contribution in [3.63, 3.8) is 0 Å². The molecule has 2 nitrogen and oxygen atoms in total. The van der Waals surface area contributed by atoms with E-state index in [1.54, 1.807) is 0 Å². The molecule has 2 saturated heterocycles. The molecule has 0 spiro atoms. The third-order valence-electron chi connectivity index (χ3n) is 6.07. The van der Waals surface area contributed by atoms with Crippen molar-refractivity contribution in [1.29, 1.82) is 0 Å². The van der Waals surface area contributed by atoms with E-state index in [0.29, 0.717) is 5.41 Å². The smallest absolute Gasteiger partial charge is 0.0832 e. The maximum atomic E-state index is 3.68. The summed E-state index contributed by atoms with van der Waals surface area (Å²) in [5, 5.41) is 3.68. The molecule has 0 radical (unpaired) electrons. The first-order valence-electron chi connectivity index (χ1n) is 8.60. The van der Waals surface area contributed by atoms with Crippen LogP contribution in [0.25, 0.3) is 0 Å². The largest absolute Gasteiger partial charge is 0.323 e. The molecule has 112 valence electrons. The van der Waals surface area contributed by atoms with Gasteiger partial charge in [0.1, 0.15) is 0 Å². The first-order valence-corrected chi connectivity index (χ1v) is 8.60. The molecule has 0 aromatic rings. The molecular formula is C17H35N2+. The van der Waals surface area contributed by atoms with Gasteiger partial charge in [-0.1, -0.05) is 40.5 Å². The standard InChI is InChI=1S/C17H35N2/c1-5-7-9-19(10-8-6-2)13-15-11-18-12-16(14-19)17(15,3)4/h15-16,18H,5-14H2,1-4H3/q+1. The monoisotopic (exact) mass is 267 g/mol. The molecule has 2 heteroatoms. The molecule has 2 unspecified atom stereocenters. The van der Waals surface area contributed by atoms with Crippen molar-refractivity contribution in [2.75, 3.05) is 39.3 Å². The van der Waals surface area contributed by atoms with E-state index in [-0.39, 0.29) is 0 Å². The van der Waals surface area contributed by atoms with E-state index in [1.165, 1.54) is 69.4 Å². The molecular weight excluding hydrogens is 232 g/mol. The highest BCUT2D eigenvalue weighted by Gasteiger charge is 2.51. The van der Waals surface area contributed by atoms with E-state index in [1.807, 2.05) is 0 Å². The Morgan fingerprint density at radius 1 is 0.947 bits per heavy atom. The van der Waals surface area contributed by atoms with Crippen LogP contribution in [0.3, 0.4) is 0 Å². The van der Waals surface area contributed by atoms with Gasteiger partial charge in [0.05, 0.1) is 26.2 Å². The summed E-state index contributed by atoms with van der Waals surface area (Å²) in [5.41, 5.74) is 0.561. The van der Waals surface area contributed by atoms with Crippen molar-refractivity contribution in [1.82, 2.24) is 5.32 Å². The Kier molecular flexibility index (Phi) is 4.94. The van der Waals surface area contributed by atoms with E-state index < -0.39 is 0 Å². The zero-order valence-corrected chi connectivity index (χ0v) is 13.7. The molecule has 0 aliphatic carbocycles. The summed E-state index contributed by atoms with van der Waals surface area (Å²) in [4.78, 5) is 0.